The maximum atomic E-state index is 4.54. The van der Waals surface area contributed by atoms with E-state index in [9.17, 15) is 0 Å². The van der Waals surface area contributed by atoms with Gasteiger partial charge >= 0.3 is 0 Å². The molecule has 0 unspecified atom stereocenters. The summed E-state index contributed by atoms with van der Waals surface area (Å²) in [4.78, 5) is 4.54. The van der Waals surface area contributed by atoms with Crippen LogP contribution in [-0.4, -0.2) is 21.8 Å². The molecule has 0 fully saturated rings. The van der Waals surface area contributed by atoms with Crippen LogP contribution >= 0.6 is 0 Å². The van der Waals surface area contributed by atoms with Crippen LogP contribution in [0.4, 0.5) is 0 Å². The summed E-state index contributed by atoms with van der Waals surface area (Å²) in [6.45, 7) is 10.1. The lowest BCUT2D eigenvalue weighted by Crippen LogP contribution is -1.99. The molecule has 0 aromatic carbocycles. The number of hydrogen-bond donors (Lipinski definition) is 0. The summed E-state index contributed by atoms with van der Waals surface area (Å²) in [6.07, 6.45) is 2.49. The normalized spacial score (nSPS) is 13.6. The molecule has 72 valence electrons. The Morgan fingerprint density at radius 2 is 2.08 bits per heavy atom. The molecule has 0 aliphatic rings. The van der Waals surface area contributed by atoms with Gasteiger partial charge in [-0.15, -0.1) is 0 Å². The maximum absolute atomic E-state index is 4.54. The molecule has 0 atom stereocenters. The molecule has 0 aromatic rings. The van der Waals surface area contributed by atoms with E-state index in [4.69, 9.17) is 0 Å². The fourth-order valence-electron chi connectivity index (χ4n) is 1.29. The van der Waals surface area contributed by atoms with Crippen LogP contribution in [0.2, 0.25) is 12.6 Å². The van der Waals surface area contributed by atoms with Gasteiger partial charge in [0.2, 0.25) is 0 Å². The van der Waals surface area contributed by atoms with Gasteiger partial charge in [-0.25, -0.2) is 0 Å². The van der Waals surface area contributed by atoms with Crippen molar-refractivity contribution in [1.82, 2.24) is 0 Å². The highest BCUT2D eigenvalue weighted by atomic mass is 28.2. The minimum absolute atomic E-state index is 0.278. The zero-order valence-corrected chi connectivity index (χ0v) is 10.5. The van der Waals surface area contributed by atoms with E-state index in [1.807, 2.05) is 0 Å². The summed E-state index contributed by atoms with van der Waals surface area (Å²) < 4.78 is 0. The maximum Gasteiger partial charge on any atom is 0.0385 e. The lowest BCUT2D eigenvalue weighted by Gasteiger charge is -2.03. The van der Waals surface area contributed by atoms with E-state index < -0.39 is 0 Å². The van der Waals surface area contributed by atoms with Gasteiger partial charge < -0.3 is 0 Å². The molecule has 0 rings (SSSR count). The first kappa shape index (κ1) is 11.9. The number of rotatable bonds is 6. The molecule has 0 saturated carbocycles. The van der Waals surface area contributed by atoms with Crippen LogP contribution in [0.25, 0.3) is 0 Å². The molecule has 0 radical (unpaired) electrons. The van der Waals surface area contributed by atoms with Crippen LogP contribution < -0.4 is 0 Å². The summed E-state index contributed by atoms with van der Waals surface area (Å²) in [5.74, 6) is 0.759. The second-order valence-corrected chi connectivity index (χ2v) is 5.63. The quantitative estimate of drug-likeness (QED) is 0.342. The van der Waals surface area contributed by atoms with Crippen LogP contribution in [0.15, 0.2) is 4.99 Å². The molecule has 0 N–H and O–H groups in total. The molecule has 0 aliphatic carbocycles. The third-order valence-corrected chi connectivity index (χ3v) is 3.05. The average Bonchev–Trinajstić information content (AvgIpc) is 1.97. The van der Waals surface area contributed by atoms with E-state index in [2.05, 4.69) is 32.3 Å². The fourth-order valence-corrected chi connectivity index (χ4v) is 2.01. The Hall–Kier alpha value is -0.113. The van der Waals surface area contributed by atoms with Crippen molar-refractivity contribution in [3.63, 3.8) is 0 Å². The molecule has 0 spiro atoms. The largest absolute Gasteiger partial charge is 0.294 e. The van der Waals surface area contributed by atoms with Crippen LogP contribution in [0.3, 0.4) is 0 Å². The van der Waals surface area contributed by atoms with Gasteiger partial charge in [-0.05, 0) is 25.7 Å². The summed E-state index contributed by atoms with van der Waals surface area (Å²) in [5, 5.41) is 0. The average molecular weight is 185 g/mol. The van der Waals surface area contributed by atoms with Gasteiger partial charge in [0.1, 0.15) is 0 Å². The van der Waals surface area contributed by atoms with Crippen LogP contribution in [0, 0.1) is 5.92 Å². The highest BCUT2D eigenvalue weighted by Crippen LogP contribution is 2.01. The Morgan fingerprint density at radius 1 is 1.42 bits per heavy atom. The Morgan fingerprint density at radius 3 is 2.58 bits per heavy atom. The predicted molar refractivity (Wildman–Crippen MR) is 61.3 cm³/mol. The molecule has 2 heteroatoms. The molecule has 12 heavy (non-hydrogen) atoms. The first-order valence-electron chi connectivity index (χ1n) is 5.16. The Labute approximate surface area is 79.5 Å². The molecule has 0 aromatic heterocycles. The number of nitrogens with zero attached hydrogens (tertiary/aromatic N) is 1. The van der Waals surface area contributed by atoms with Gasteiger partial charge in [0.05, 0.1) is 0 Å². The second kappa shape index (κ2) is 7.53. The van der Waals surface area contributed by atoms with Crippen molar-refractivity contribution < 1.29 is 0 Å². The topological polar surface area (TPSA) is 12.4 Å². The van der Waals surface area contributed by atoms with E-state index in [1.165, 1.54) is 24.6 Å². The van der Waals surface area contributed by atoms with Crippen LogP contribution in [0.5, 0.6) is 0 Å². The molecular weight excluding hydrogens is 162 g/mol. The minimum atomic E-state index is 0.278. The zero-order chi connectivity index (χ0) is 9.40. The Kier molecular flexibility index (Phi) is 7.46. The standard InChI is InChI=1S/C10H23NSi/c1-9(2)8-10(3)11-6-5-7-12-4/h9H,5-8,12H2,1-4H3. The van der Waals surface area contributed by atoms with E-state index in [0.29, 0.717) is 0 Å². The summed E-state index contributed by atoms with van der Waals surface area (Å²) in [6, 6.07) is 1.46. The lowest BCUT2D eigenvalue weighted by molar-refractivity contribution is 0.679. The van der Waals surface area contributed by atoms with Crippen LogP contribution in [-0.2, 0) is 0 Å². The van der Waals surface area contributed by atoms with E-state index in [-0.39, 0.29) is 9.52 Å². The van der Waals surface area contributed by atoms with E-state index in [1.54, 1.807) is 0 Å². The van der Waals surface area contributed by atoms with Crippen molar-refractivity contribution in [2.75, 3.05) is 6.54 Å². The van der Waals surface area contributed by atoms with Gasteiger partial charge in [0, 0.05) is 21.8 Å². The number of hydrogen-bond acceptors (Lipinski definition) is 1. The fraction of sp³-hybridized carbons (Fsp3) is 0.900. The Balaban J connectivity index is 3.41. The third kappa shape index (κ3) is 7.99. The first-order valence-corrected chi connectivity index (χ1v) is 7.58. The van der Waals surface area contributed by atoms with Gasteiger partial charge in [0.25, 0.3) is 0 Å². The van der Waals surface area contributed by atoms with Gasteiger partial charge in [-0.1, -0.05) is 26.4 Å². The predicted octanol–water partition coefficient (Wildman–Crippen LogP) is 2.52. The van der Waals surface area contributed by atoms with E-state index >= 15 is 0 Å². The molecule has 0 saturated heterocycles. The monoisotopic (exact) mass is 185 g/mol. The Bertz CT molecular complexity index is 130. The zero-order valence-electron chi connectivity index (χ0n) is 9.06. The van der Waals surface area contributed by atoms with Gasteiger partial charge in [-0.3, -0.25) is 4.99 Å². The SMILES string of the molecule is C[SiH2]CCCN=C(C)CC(C)C. The minimum Gasteiger partial charge on any atom is -0.294 e. The van der Waals surface area contributed by atoms with Crippen molar-refractivity contribution in [3.05, 3.63) is 0 Å². The first-order chi connectivity index (χ1) is 5.66. The lowest BCUT2D eigenvalue weighted by atomic mass is 10.1. The van der Waals surface area contributed by atoms with Crippen molar-refractivity contribution in [2.45, 2.75) is 46.2 Å². The van der Waals surface area contributed by atoms with Crippen molar-refractivity contribution in [1.29, 1.82) is 0 Å². The van der Waals surface area contributed by atoms with Crippen LogP contribution in [0.1, 0.15) is 33.6 Å². The van der Waals surface area contributed by atoms with E-state index in [0.717, 1.165) is 12.5 Å². The molecular formula is C10H23NSi. The highest BCUT2D eigenvalue weighted by Gasteiger charge is 1.95. The molecule has 0 bridgehead atoms. The molecule has 0 amide bonds. The second-order valence-electron chi connectivity index (χ2n) is 3.92. The summed E-state index contributed by atoms with van der Waals surface area (Å²) >= 11 is 0. The van der Waals surface area contributed by atoms with Crippen molar-refractivity contribution in [2.24, 2.45) is 10.9 Å². The molecule has 0 heterocycles. The molecule has 1 nitrogen and oxygen atoms in total. The summed E-state index contributed by atoms with van der Waals surface area (Å²) in [5.41, 5.74) is 1.34. The van der Waals surface area contributed by atoms with Crippen molar-refractivity contribution >= 4 is 15.2 Å². The van der Waals surface area contributed by atoms with Gasteiger partial charge in [-0.2, -0.15) is 0 Å². The molecule has 0 aliphatic heterocycles. The highest BCUT2D eigenvalue weighted by molar-refractivity contribution is 6.33. The van der Waals surface area contributed by atoms with Crippen molar-refractivity contribution in [3.8, 4) is 0 Å². The summed E-state index contributed by atoms with van der Waals surface area (Å²) in [7, 11) is 0.278. The number of aliphatic imine (C=N–C) groups is 1. The third-order valence-electron chi connectivity index (χ3n) is 1.85. The smallest absolute Gasteiger partial charge is 0.0385 e. The van der Waals surface area contributed by atoms with Gasteiger partial charge in [0.15, 0.2) is 0 Å².